The van der Waals surface area contributed by atoms with Gasteiger partial charge in [-0.2, -0.15) is 0 Å². The Morgan fingerprint density at radius 3 is 2.53 bits per heavy atom. The molecule has 0 unspecified atom stereocenters. The van der Waals surface area contributed by atoms with E-state index in [-0.39, 0.29) is 11.5 Å². The Hall–Kier alpha value is -3.45. The van der Waals surface area contributed by atoms with Gasteiger partial charge in [0.2, 0.25) is 0 Å². The average molecular weight is 423 g/mol. The number of rotatable bonds is 6. The van der Waals surface area contributed by atoms with Gasteiger partial charge in [0.15, 0.2) is 6.61 Å². The van der Waals surface area contributed by atoms with Crippen LogP contribution >= 0.6 is 11.3 Å². The Kier molecular flexibility index (Phi) is 6.64. The predicted octanol–water partition coefficient (Wildman–Crippen LogP) is 4.44. The van der Waals surface area contributed by atoms with Gasteiger partial charge >= 0.3 is 5.97 Å². The van der Waals surface area contributed by atoms with Crippen molar-refractivity contribution in [3.8, 4) is 0 Å². The molecule has 0 radical (unpaired) electrons. The monoisotopic (exact) mass is 422 g/mol. The smallest absolute Gasteiger partial charge is 0.340 e. The maximum atomic E-state index is 12.6. The van der Waals surface area contributed by atoms with Crippen molar-refractivity contribution in [2.75, 3.05) is 23.9 Å². The number of nitrogens with zero attached hydrogens (tertiary/aromatic N) is 1. The van der Waals surface area contributed by atoms with Crippen molar-refractivity contribution in [3.63, 3.8) is 0 Å². The highest BCUT2D eigenvalue weighted by Crippen LogP contribution is 2.23. The van der Waals surface area contributed by atoms with Gasteiger partial charge in [-0.05, 0) is 54.6 Å². The van der Waals surface area contributed by atoms with Crippen molar-refractivity contribution in [1.29, 1.82) is 0 Å². The van der Waals surface area contributed by atoms with Crippen LogP contribution in [-0.4, -0.2) is 31.4 Å². The number of esters is 1. The number of nitrogens with one attached hydrogen (secondary N) is 1. The van der Waals surface area contributed by atoms with E-state index < -0.39 is 18.5 Å². The lowest BCUT2D eigenvalue weighted by molar-refractivity contribution is -0.119. The molecular weight excluding hydrogens is 400 g/mol. The number of thiophene rings is 1. The SMILES string of the molecule is Cc1ccc(C)c(NC(=O)COC(=O)c2ccccc2N(C)C(=O)c2cccs2)c1. The fourth-order valence-electron chi connectivity index (χ4n) is 2.88. The highest BCUT2D eigenvalue weighted by atomic mass is 32.1. The van der Waals surface area contributed by atoms with Gasteiger partial charge in [-0.15, -0.1) is 11.3 Å². The van der Waals surface area contributed by atoms with Crippen LogP contribution in [0, 0.1) is 13.8 Å². The van der Waals surface area contributed by atoms with E-state index in [9.17, 15) is 14.4 Å². The van der Waals surface area contributed by atoms with E-state index in [0.717, 1.165) is 11.1 Å². The first-order chi connectivity index (χ1) is 14.4. The molecule has 0 aliphatic rings. The van der Waals surface area contributed by atoms with Crippen LogP contribution in [0.3, 0.4) is 0 Å². The van der Waals surface area contributed by atoms with E-state index in [4.69, 9.17) is 4.74 Å². The van der Waals surface area contributed by atoms with E-state index in [1.165, 1.54) is 16.2 Å². The van der Waals surface area contributed by atoms with Crippen LogP contribution in [0.4, 0.5) is 11.4 Å². The molecule has 1 aromatic heterocycles. The summed E-state index contributed by atoms with van der Waals surface area (Å²) in [5.41, 5.74) is 3.23. The fourth-order valence-corrected chi connectivity index (χ4v) is 3.58. The lowest BCUT2D eigenvalue weighted by atomic mass is 10.1. The van der Waals surface area contributed by atoms with Gasteiger partial charge in [0, 0.05) is 12.7 Å². The first-order valence-electron chi connectivity index (χ1n) is 9.31. The molecule has 7 heteroatoms. The van der Waals surface area contributed by atoms with Crippen LogP contribution < -0.4 is 10.2 Å². The van der Waals surface area contributed by atoms with Gasteiger partial charge in [0.1, 0.15) is 0 Å². The zero-order valence-electron chi connectivity index (χ0n) is 17.0. The molecule has 0 fully saturated rings. The van der Waals surface area contributed by atoms with Crippen molar-refractivity contribution in [3.05, 3.63) is 81.5 Å². The molecule has 0 saturated carbocycles. The van der Waals surface area contributed by atoms with Crippen molar-refractivity contribution >= 4 is 40.5 Å². The summed E-state index contributed by atoms with van der Waals surface area (Å²) in [4.78, 5) is 39.5. The molecule has 2 aromatic carbocycles. The minimum atomic E-state index is -0.674. The number of hydrogen-bond donors (Lipinski definition) is 1. The molecule has 0 spiro atoms. The number of ether oxygens (including phenoxy) is 1. The number of anilines is 2. The minimum absolute atomic E-state index is 0.212. The molecule has 0 saturated heterocycles. The lowest BCUT2D eigenvalue weighted by Gasteiger charge is -2.19. The van der Waals surface area contributed by atoms with Crippen LogP contribution in [0.1, 0.15) is 31.2 Å². The van der Waals surface area contributed by atoms with E-state index in [0.29, 0.717) is 16.3 Å². The third-order valence-corrected chi connectivity index (χ3v) is 5.38. The quantitative estimate of drug-likeness (QED) is 0.596. The molecule has 2 amide bonds. The normalized spacial score (nSPS) is 10.4. The number of carbonyl (C=O) groups is 3. The number of amides is 2. The van der Waals surface area contributed by atoms with E-state index >= 15 is 0 Å². The molecule has 1 heterocycles. The number of para-hydroxylation sites is 1. The first-order valence-corrected chi connectivity index (χ1v) is 10.2. The van der Waals surface area contributed by atoms with Crippen LogP contribution in [0.2, 0.25) is 0 Å². The maximum Gasteiger partial charge on any atom is 0.340 e. The Bertz CT molecular complexity index is 1080. The van der Waals surface area contributed by atoms with Crippen LogP contribution in [0.5, 0.6) is 0 Å². The Morgan fingerprint density at radius 1 is 1.03 bits per heavy atom. The maximum absolute atomic E-state index is 12.6. The molecule has 3 rings (SSSR count). The minimum Gasteiger partial charge on any atom is -0.452 e. The summed E-state index contributed by atoms with van der Waals surface area (Å²) in [7, 11) is 1.60. The Morgan fingerprint density at radius 2 is 1.80 bits per heavy atom. The molecular formula is C23H22N2O4S. The predicted molar refractivity (Wildman–Crippen MR) is 118 cm³/mol. The zero-order valence-corrected chi connectivity index (χ0v) is 17.8. The zero-order chi connectivity index (χ0) is 21.7. The highest BCUT2D eigenvalue weighted by molar-refractivity contribution is 7.12. The average Bonchev–Trinajstić information content (AvgIpc) is 3.28. The number of aryl methyl sites for hydroxylation is 2. The molecule has 154 valence electrons. The molecule has 1 N–H and O–H groups in total. The molecule has 0 aliphatic carbocycles. The largest absolute Gasteiger partial charge is 0.452 e. The summed E-state index contributed by atoms with van der Waals surface area (Å²) in [5.74, 6) is -1.33. The number of carbonyl (C=O) groups excluding carboxylic acids is 3. The van der Waals surface area contributed by atoms with Crippen LogP contribution in [0.25, 0.3) is 0 Å². The van der Waals surface area contributed by atoms with E-state index in [1.807, 2.05) is 37.4 Å². The Balaban J connectivity index is 1.68. The van der Waals surface area contributed by atoms with Crippen molar-refractivity contribution in [2.24, 2.45) is 0 Å². The van der Waals surface area contributed by atoms with Gasteiger partial charge in [-0.1, -0.05) is 30.3 Å². The third kappa shape index (κ3) is 4.93. The summed E-state index contributed by atoms with van der Waals surface area (Å²) in [5, 5.41) is 4.57. The van der Waals surface area contributed by atoms with Crippen LogP contribution in [0.15, 0.2) is 60.0 Å². The second-order valence-electron chi connectivity index (χ2n) is 6.80. The molecule has 30 heavy (non-hydrogen) atoms. The summed E-state index contributed by atoms with van der Waals surface area (Å²) >= 11 is 1.33. The fraction of sp³-hybridized carbons (Fsp3) is 0.174. The Labute approximate surface area is 179 Å². The standard InChI is InChI=1S/C23H22N2O4S/c1-15-10-11-16(2)18(13-15)24-21(26)14-29-23(28)17-7-4-5-8-19(17)25(3)22(27)20-9-6-12-30-20/h4-13H,14H2,1-3H3,(H,24,26). The molecule has 0 bridgehead atoms. The van der Waals surface area contributed by atoms with E-state index in [2.05, 4.69) is 5.32 Å². The van der Waals surface area contributed by atoms with Crippen molar-refractivity contribution in [2.45, 2.75) is 13.8 Å². The summed E-state index contributed by atoms with van der Waals surface area (Å²) in [6, 6.07) is 15.9. The first kappa shape index (κ1) is 21.3. The molecule has 0 atom stereocenters. The van der Waals surface area contributed by atoms with E-state index in [1.54, 1.807) is 43.4 Å². The topological polar surface area (TPSA) is 75.7 Å². The van der Waals surface area contributed by atoms with Crippen molar-refractivity contribution in [1.82, 2.24) is 0 Å². The van der Waals surface area contributed by atoms with Gasteiger partial charge in [-0.25, -0.2) is 4.79 Å². The highest BCUT2D eigenvalue weighted by Gasteiger charge is 2.21. The van der Waals surface area contributed by atoms with Gasteiger partial charge in [0.05, 0.1) is 16.1 Å². The molecule has 0 aliphatic heterocycles. The number of benzene rings is 2. The lowest BCUT2D eigenvalue weighted by Crippen LogP contribution is -2.28. The second kappa shape index (κ2) is 9.37. The molecule has 3 aromatic rings. The van der Waals surface area contributed by atoms with Gasteiger partial charge in [-0.3, -0.25) is 9.59 Å². The molecule has 6 nitrogen and oxygen atoms in total. The third-order valence-electron chi connectivity index (χ3n) is 4.52. The van der Waals surface area contributed by atoms with Gasteiger partial charge in [0.25, 0.3) is 11.8 Å². The van der Waals surface area contributed by atoms with Crippen LogP contribution in [-0.2, 0) is 9.53 Å². The van der Waals surface area contributed by atoms with Crippen molar-refractivity contribution < 1.29 is 19.1 Å². The van der Waals surface area contributed by atoms with Gasteiger partial charge < -0.3 is 15.0 Å². The number of hydrogen-bond acceptors (Lipinski definition) is 5. The summed E-state index contributed by atoms with van der Waals surface area (Å²) in [6.07, 6.45) is 0. The summed E-state index contributed by atoms with van der Waals surface area (Å²) in [6.45, 7) is 3.39. The second-order valence-corrected chi connectivity index (χ2v) is 7.75. The summed E-state index contributed by atoms with van der Waals surface area (Å²) < 4.78 is 5.21.